The lowest BCUT2D eigenvalue weighted by Crippen LogP contribution is -2.15. The van der Waals surface area contributed by atoms with Crippen LogP contribution >= 0.6 is 22.7 Å². The molecule has 2 aromatic rings. The Morgan fingerprint density at radius 1 is 1.50 bits per heavy atom. The van der Waals surface area contributed by atoms with Crippen molar-refractivity contribution >= 4 is 22.7 Å². The number of hydrogen-bond acceptors (Lipinski definition) is 6. The van der Waals surface area contributed by atoms with Crippen molar-refractivity contribution in [2.24, 2.45) is 0 Å². The number of ether oxygens (including phenoxy) is 1. The van der Waals surface area contributed by atoms with E-state index in [0.29, 0.717) is 12.6 Å². The smallest absolute Gasteiger partial charge is 0.143 e. The maximum Gasteiger partial charge on any atom is 0.143 e. The summed E-state index contributed by atoms with van der Waals surface area (Å²) in [6, 6.07) is 0.713. The molecule has 0 spiro atoms. The van der Waals surface area contributed by atoms with Gasteiger partial charge in [0.2, 0.25) is 0 Å². The number of nitrogens with one attached hydrogen (secondary N) is 1. The van der Waals surface area contributed by atoms with E-state index in [4.69, 9.17) is 4.74 Å². The Morgan fingerprint density at radius 2 is 2.39 bits per heavy atom. The van der Waals surface area contributed by atoms with E-state index in [1.165, 1.54) is 17.7 Å². The summed E-state index contributed by atoms with van der Waals surface area (Å²) < 4.78 is 5.22. The van der Waals surface area contributed by atoms with E-state index in [1.807, 2.05) is 10.9 Å². The number of aromatic nitrogens is 2. The minimum Gasteiger partial charge on any atom is -0.378 e. The van der Waals surface area contributed by atoms with E-state index < -0.39 is 0 Å². The fourth-order valence-electron chi connectivity index (χ4n) is 1.72. The van der Waals surface area contributed by atoms with Gasteiger partial charge in [0, 0.05) is 30.0 Å². The fourth-order valence-corrected chi connectivity index (χ4v) is 3.32. The third-order valence-electron chi connectivity index (χ3n) is 2.84. The zero-order chi connectivity index (χ0) is 12.4. The summed E-state index contributed by atoms with van der Waals surface area (Å²) in [6.45, 7) is 1.47. The predicted molar refractivity (Wildman–Crippen MR) is 73.8 cm³/mol. The number of thiazole rings is 2. The molecule has 1 aliphatic carbocycles. The Balaban J connectivity index is 1.80. The van der Waals surface area contributed by atoms with Crippen LogP contribution in [0, 0.1) is 0 Å². The lowest BCUT2D eigenvalue weighted by molar-refractivity contribution is 0.181. The molecule has 0 unspecified atom stereocenters. The Bertz CT molecular complexity index is 505. The van der Waals surface area contributed by atoms with Gasteiger partial charge in [-0.2, -0.15) is 0 Å². The van der Waals surface area contributed by atoms with Crippen molar-refractivity contribution in [3.05, 3.63) is 21.5 Å². The lowest BCUT2D eigenvalue weighted by atomic mass is 10.3. The highest BCUT2D eigenvalue weighted by atomic mass is 32.1. The highest BCUT2D eigenvalue weighted by Gasteiger charge is 2.22. The summed E-state index contributed by atoms with van der Waals surface area (Å²) in [5, 5.41) is 6.56. The summed E-state index contributed by atoms with van der Waals surface area (Å²) in [5.74, 6) is 0. The average molecular weight is 281 g/mol. The Kier molecular flexibility index (Phi) is 3.69. The average Bonchev–Trinajstić information content (AvgIpc) is 2.90. The third-order valence-corrected chi connectivity index (χ3v) is 4.55. The molecule has 0 saturated heterocycles. The summed E-state index contributed by atoms with van der Waals surface area (Å²) in [6.07, 6.45) is 2.61. The van der Waals surface area contributed by atoms with Gasteiger partial charge in [0.05, 0.1) is 17.8 Å². The van der Waals surface area contributed by atoms with Crippen LogP contribution in [0.3, 0.4) is 0 Å². The van der Waals surface area contributed by atoms with E-state index in [1.54, 1.807) is 29.8 Å². The van der Waals surface area contributed by atoms with Crippen molar-refractivity contribution in [3.8, 4) is 10.7 Å². The molecule has 1 fully saturated rings. The van der Waals surface area contributed by atoms with E-state index in [9.17, 15) is 0 Å². The Labute approximate surface area is 114 Å². The van der Waals surface area contributed by atoms with E-state index in [2.05, 4.69) is 15.3 Å². The van der Waals surface area contributed by atoms with Gasteiger partial charge in [0.15, 0.2) is 0 Å². The molecule has 2 heterocycles. The second-order valence-electron chi connectivity index (χ2n) is 4.35. The summed E-state index contributed by atoms with van der Waals surface area (Å²) >= 11 is 3.32. The van der Waals surface area contributed by atoms with Crippen molar-refractivity contribution in [1.29, 1.82) is 0 Å². The first-order valence-electron chi connectivity index (χ1n) is 5.96. The normalized spacial score (nSPS) is 15.2. The quantitative estimate of drug-likeness (QED) is 0.884. The van der Waals surface area contributed by atoms with Gasteiger partial charge in [-0.25, -0.2) is 9.97 Å². The third kappa shape index (κ3) is 2.77. The summed E-state index contributed by atoms with van der Waals surface area (Å²) in [7, 11) is 1.71. The molecular weight excluding hydrogens is 266 g/mol. The molecule has 0 atom stereocenters. The van der Waals surface area contributed by atoms with E-state index in [0.717, 1.165) is 22.9 Å². The topological polar surface area (TPSA) is 47.0 Å². The van der Waals surface area contributed by atoms with Crippen LogP contribution in [0.5, 0.6) is 0 Å². The second-order valence-corrected chi connectivity index (χ2v) is 6.15. The van der Waals surface area contributed by atoms with Gasteiger partial charge < -0.3 is 10.1 Å². The SMILES string of the molecule is COCc1nc(-c2cscn2)sc1CNC1CC1. The molecule has 0 aromatic carbocycles. The number of nitrogens with zero attached hydrogens (tertiary/aromatic N) is 2. The maximum atomic E-state index is 5.22. The van der Waals surface area contributed by atoms with Crippen LogP contribution in [0.15, 0.2) is 10.9 Å². The molecule has 3 rings (SSSR count). The standard InChI is InChI=1S/C12H15N3OS2/c1-16-5-9-11(4-13-8-2-3-8)18-12(15-9)10-6-17-7-14-10/h6-8,13H,2-5H2,1H3. The molecule has 0 aliphatic heterocycles. The molecule has 6 heteroatoms. The predicted octanol–water partition coefficient (Wildman–Crippen LogP) is 2.67. The van der Waals surface area contributed by atoms with Gasteiger partial charge in [0.1, 0.15) is 10.7 Å². The van der Waals surface area contributed by atoms with Gasteiger partial charge in [0.25, 0.3) is 0 Å². The summed E-state index contributed by atoms with van der Waals surface area (Å²) in [4.78, 5) is 10.2. The van der Waals surface area contributed by atoms with Crippen molar-refractivity contribution in [2.75, 3.05) is 7.11 Å². The second kappa shape index (κ2) is 5.44. The van der Waals surface area contributed by atoms with Crippen LogP contribution in [-0.2, 0) is 17.9 Å². The van der Waals surface area contributed by atoms with Crippen LogP contribution in [0.4, 0.5) is 0 Å². The molecular formula is C12H15N3OS2. The molecule has 4 nitrogen and oxygen atoms in total. The van der Waals surface area contributed by atoms with Crippen molar-refractivity contribution in [1.82, 2.24) is 15.3 Å². The Morgan fingerprint density at radius 3 is 3.06 bits per heavy atom. The molecule has 0 bridgehead atoms. The van der Waals surface area contributed by atoms with Gasteiger partial charge in [-0.15, -0.1) is 22.7 Å². The number of rotatable bonds is 6. The van der Waals surface area contributed by atoms with E-state index >= 15 is 0 Å². The van der Waals surface area contributed by atoms with Crippen molar-refractivity contribution in [2.45, 2.75) is 32.0 Å². The first kappa shape index (κ1) is 12.2. The van der Waals surface area contributed by atoms with Gasteiger partial charge >= 0.3 is 0 Å². The van der Waals surface area contributed by atoms with Crippen LogP contribution in [0.1, 0.15) is 23.4 Å². The van der Waals surface area contributed by atoms with Gasteiger partial charge in [-0.1, -0.05) is 0 Å². The molecule has 18 heavy (non-hydrogen) atoms. The zero-order valence-corrected chi connectivity index (χ0v) is 11.8. The van der Waals surface area contributed by atoms with E-state index in [-0.39, 0.29) is 0 Å². The van der Waals surface area contributed by atoms with Crippen molar-refractivity contribution < 1.29 is 4.74 Å². The minimum atomic E-state index is 0.572. The molecule has 0 radical (unpaired) electrons. The number of methoxy groups -OCH3 is 1. The van der Waals surface area contributed by atoms with Crippen LogP contribution in [0.25, 0.3) is 10.7 Å². The largest absolute Gasteiger partial charge is 0.378 e. The molecule has 1 aliphatic rings. The lowest BCUT2D eigenvalue weighted by Gasteiger charge is -2.02. The molecule has 1 N–H and O–H groups in total. The summed E-state index contributed by atoms with van der Waals surface area (Å²) in [5.41, 5.74) is 3.85. The zero-order valence-electron chi connectivity index (χ0n) is 10.2. The minimum absolute atomic E-state index is 0.572. The first-order chi connectivity index (χ1) is 8.86. The van der Waals surface area contributed by atoms with Crippen LogP contribution < -0.4 is 5.32 Å². The number of hydrogen-bond donors (Lipinski definition) is 1. The molecule has 1 saturated carbocycles. The first-order valence-corrected chi connectivity index (χ1v) is 7.72. The van der Waals surface area contributed by atoms with Gasteiger partial charge in [-0.05, 0) is 12.8 Å². The highest BCUT2D eigenvalue weighted by molar-refractivity contribution is 7.15. The highest BCUT2D eigenvalue weighted by Crippen LogP contribution is 2.29. The fraction of sp³-hybridized carbons (Fsp3) is 0.500. The molecule has 96 valence electrons. The van der Waals surface area contributed by atoms with Crippen LogP contribution in [-0.4, -0.2) is 23.1 Å². The Hall–Kier alpha value is -0.820. The van der Waals surface area contributed by atoms with Crippen molar-refractivity contribution in [3.63, 3.8) is 0 Å². The maximum absolute atomic E-state index is 5.22. The monoisotopic (exact) mass is 281 g/mol. The molecule has 0 amide bonds. The molecule has 2 aromatic heterocycles. The van der Waals surface area contributed by atoms with Gasteiger partial charge in [-0.3, -0.25) is 0 Å². The van der Waals surface area contributed by atoms with Crippen LogP contribution in [0.2, 0.25) is 0 Å².